The third-order valence-corrected chi connectivity index (χ3v) is 9.73. The molecule has 31 heavy (non-hydrogen) atoms. The quantitative estimate of drug-likeness (QED) is 0.289. The minimum Gasteiger partial charge on any atom is -0.463 e. The second-order valence-electron chi connectivity index (χ2n) is 11.0. The van der Waals surface area contributed by atoms with Crippen molar-refractivity contribution in [3.8, 4) is 0 Å². The van der Waals surface area contributed by atoms with Crippen LogP contribution in [-0.4, -0.2) is 33.4 Å². The highest BCUT2D eigenvalue weighted by molar-refractivity contribution is 7.85. The fraction of sp³-hybridized carbons (Fsp3) is 0.880. The van der Waals surface area contributed by atoms with Gasteiger partial charge in [-0.25, -0.2) is 0 Å². The molecule has 0 bridgehead atoms. The van der Waals surface area contributed by atoms with Crippen LogP contribution in [0.15, 0.2) is 12.2 Å². The van der Waals surface area contributed by atoms with E-state index in [4.69, 9.17) is 8.92 Å². The van der Waals surface area contributed by atoms with Crippen LogP contribution < -0.4 is 0 Å². The summed E-state index contributed by atoms with van der Waals surface area (Å²) in [6, 6.07) is 0. The lowest BCUT2D eigenvalue weighted by atomic mass is 9.49. The Morgan fingerprint density at radius 2 is 1.87 bits per heavy atom. The molecule has 7 atom stereocenters. The van der Waals surface area contributed by atoms with Crippen molar-refractivity contribution in [3.05, 3.63) is 12.2 Å². The number of carbonyl (C=O) groups excluding carboxylic acids is 1. The molecule has 0 aliphatic heterocycles. The fourth-order valence-corrected chi connectivity index (χ4v) is 7.86. The molecule has 0 saturated heterocycles. The van der Waals surface area contributed by atoms with Gasteiger partial charge in [0.1, 0.15) is 6.10 Å². The second-order valence-corrected chi connectivity index (χ2v) is 12.6. The summed E-state index contributed by atoms with van der Waals surface area (Å²) in [6.45, 7) is 13.1. The SMILES string of the molecule is C=C1CCC2[C@H](COS(C)(=O)=O)C([C@@]3(C)CC[C@H](OC(C)=O)C[C@@H]3CCC)CC[C@]12C. The predicted molar refractivity (Wildman–Crippen MR) is 123 cm³/mol. The van der Waals surface area contributed by atoms with E-state index >= 15 is 0 Å². The minimum absolute atomic E-state index is 0.00737. The molecule has 3 saturated carbocycles. The molecule has 0 aromatic heterocycles. The van der Waals surface area contributed by atoms with Crippen molar-refractivity contribution in [2.24, 2.45) is 34.5 Å². The highest BCUT2D eigenvalue weighted by Gasteiger charge is 2.57. The molecule has 0 spiro atoms. The first-order chi connectivity index (χ1) is 14.4. The zero-order chi connectivity index (χ0) is 23.0. The van der Waals surface area contributed by atoms with Gasteiger partial charge < -0.3 is 4.74 Å². The predicted octanol–water partition coefficient (Wildman–Crippen LogP) is 5.50. The molecule has 178 valence electrons. The topological polar surface area (TPSA) is 69.7 Å². The number of ether oxygens (including phenoxy) is 1. The monoisotopic (exact) mass is 454 g/mol. The zero-order valence-electron chi connectivity index (χ0n) is 20.1. The maximum absolute atomic E-state index is 11.9. The summed E-state index contributed by atoms with van der Waals surface area (Å²) in [5, 5.41) is 0. The molecular weight excluding hydrogens is 412 g/mol. The molecule has 3 rings (SSSR count). The van der Waals surface area contributed by atoms with Crippen molar-refractivity contribution in [2.45, 2.75) is 91.6 Å². The first kappa shape index (κ1) is 24.8. The van der Waals surface area contributed by atoms with Gasteiger partial charge in [-0.1, -0.05) is 45.8 Å². The maximum Gasteiger partial charge on any atom is 0.302 e. The van der Waals surface area contributed by atoms with Crippen molar-refractivity contribution in [1.29, 1.82) is 0 Å². The maximum atomic E-state index is 11.9. The van der Waals surface area contributed by atoms with E-state index in [9.17, 15) is 13.2 Å². The molecule has 3 aliphatic carbocycles. The third kappa shape index (κ3) is 5.05. The number of carbonyl (C=O) groups is 1. The van der Waals surface area contributed by atoms with Gasteiger partial charge in [-0.05, 0) is 79.4 Å². The van der Waals surface area contributed by atoms with Gasteiger partial charge in [0.05, 0.1) is 12.9 Å². The zero-order valence-corrected chi connectivity index (χ0v) is 20.9. The van der Waals surface area contributed by atoms with Crippen molar-refractivity contribution >= 4 is 16.1 Å². The van der Waals surface area contributed by atoms with Gasteiger partial charge in [0, 0.05) is 6.92 Å². The number of fused-ring (bicyclic) bond motifs is 1. The van der Waals surface area contributed by atoms with Gasteiger partial charge >= 0.3 is 5.97 Å². The van der Waals surface area contributed by atoms with Crippen LogP contribution in [0.1, 0.15) is 85.5 Å². The van der Waals surface area contributed by atoms with Crippen molar-refractivity contribution in [2.75, 3.05) is 12.9 Å². The van der Waals surface area contributed by atoms with E-state index in [1.54, 1.807) is 0 Å². The summed E-state index contributed by atoms with van der Waals surface area (Å²) < 4.78 is 34.9. The number of esters is 1. The second kappa shape index (κ2) is 9.17. The van der Waals surface area contributed by atoms with Crippen LogP contribution in [0.5, 0.6) is 0 Å². The van der Waals surface area contributed by atoms with Crippen LogP contribution in [0.4, 0.5) is 0 Å². The van der Waals surface area contributed by atoms with Gasteiger partial charge in [-0.15, -0.1) is 0 Å². The number of allylic oxidation sites excluding steroid dienone is 1. The van der Waals surface area contributed by atoms with E-state index in [1.807, 2.05) is 0 Å². The van der Waals surface area contributed by atoms with E-state index in [0.717, 1.165) is 64.0 Å². The average Bonchev–Trinajstić information content (AvgIpc) is 2.97. The van der Waals surface area contributed by atoms with Gasteiger partial charge in [0.15, 0.2) is 0 Å². The van der Waals surface area contributed by atoms with Gasteiger partial charge in [0.25, 0.3) is 10.1 Å². The summed E-state index contributed by atoms with van der Waals surface area (Å²) in [5.74, 6) is 1.32. The summed E-state index contributed by atoms with van der Waals surface area (Å²) in [5.41, 5.74) is 1.52. The number of rotatable bonds is 7. The van der Waals surface area contributed by atoms with E-state index in [-0.39, 0.29) is 35.4 Å². The molecule has 0 aromatic rings. The summed E-state index contributed by atoms with van der Waals surface area (Å²) in [7, 11) is -3.49. The van der Waals surface area contributed by atoms with Crippen molar-refractivity contribution in [3.63, 3.8) is 0 Å². The lowest BCUT2D eigenvalue weighted by molar-refractivity contribution is -0.154. The Hall–Kier alpha value is -0.880. The normalized spacial score (nSPS) is 41.1. The molecule has 2 unspecified atom stereocenters. The Morgan fingerprint density at radius 1 is 1.16 bits per heavy atom. The Labute approximate surface area is 189 Å². The molecule has 6 heteroatoms. The van der Waals surface area contributed by atoms with Gasteiger partial charge in [-0.3, -0.25) is 8.98 Å². The standard InChI is InChI=1S/C25H42O5S/c1-7-8-19-15-20(30-18(3)26)11-13-25(19,5)23-12-14-24(4)17(2)9-10-22(24)21(23)16-29-31(6,27)28/h19-23H,2,7-16H2,1,3-6H3/t19-,20-,21-,22?,23?,24+,25-/m0/s1. The van der Waals surface area contributed by atoms with E-state index in [0.29, 0.717) is 17.8 Å². The molecule has 0 N–H and O–H groups in total. The molecule has 3 fully saturated rings. The van der Waals surface area contributed by atoms with Crippen molar-refractivity contribution in [1.82, 2.24) is 0 Å². The van der Waals surface area contributed by atoms with Crippen LogP contribution in [0.3, 0.4) is 0 Å². The van der Waals surface area contributed by atoms with Crippen LogP contribution in [0.25, 0.3) is 0 Å². The molecular formula is C25H42O5S. The third-order valence-electron chi connectivity index (χ3n) is 9.17. The van der Waals surface area contributed by atoms with Crippen LogP contribution in [0.2, 0.25) is 0 Å². The number of hydrogen-bond acceptors (Lipinski definition) is 5. The molecule has 0 aromatic carbocycles. The largest absolute Gasteiger partial charge is 0.463 e. The first-order valence-electron chi connectivity index (χ1n) is 12.1. The molecule has 0 heterocycles. The Bertz CT molecular complexity index is 790. The van der Waals surface area contributed by atoms with Crippen LogP contribution in [-0.2, 0) is 23.8 Å². The fourth-order valence-electron chi connectivity index (χ4n) is 7.45. The van der Waals surface area contributed by atoms with Crippen molar-refractivity contribution < 1.29 is 22.1 Å². The Morgan fingerprint density at radius 3 is 2.48 bits per heavy atom. The molecule has 5 nitrogen and oxygen atoms in total. The number of hydrogen-bond donors (Lipinski definition) is 0. The van der Waals surface area contributed by atoms with Gasteiger partial charge in [-0.2, -0.15) is 8.42 Å². The van der Waals surface area contributed by atoms with E-state index < -0.39 is 10.1 Å². The highest BCUT2D eigenvalue weighted by Crippen LogP contribution is 2.64. The van der Waals surface area contributed by atoms with Gasteiger partial charge in [0.2, 0.25) is 0 Å². The summed E-state index contributed by atoms with van der Waals surface area (Å²) in [6.07, 6.45) is 10.5. The van der Waals surface area contributed by atoms with Crippen LogP contribution in [0, 0.1) is 34.5 Å². The van der Waals surface area contributed by atoms with E-state index in [2.05, 4.69) is 27.4 Å². The average molecular weight is 455 g/mol. The Balaban J connectivity index is 1.91. The smallest absolute Gasteiger partial charge is 0.302 e. The molecule has 3 aliphatic rings. The summed E-state index contributed by atoms with van der Waals surface area (Å²) in [4.78, 5) is 11.6. The van der Waals surface area contributed by atoms with E-state index in [1.165, 1.54) is 12.5 Å². The van der Waals surface area contributed by atoms with Crippen LogP contribution >= 0.6 is 0 Å². The first-order valence-corrected chi connectivity index (χ1v) is 13.9. The Kier molecular flexibility index (Phi) is 7.32. The molecule has 0 radical (unpaired) electrons. The lowest BCUT2D eigenvalue weighted by Gasteiger charge is -2.57. The lowest BCUT2D eigenvalue weighted by Crippen LogP contribution is -2.51. The highest BCUT2D eigenvalue weighted by atomic mass is 32.2. The summed E-state index contributed by atoms with van der Waals surface area (Å²) >= 11 is 0. The molecule has 0 amide bonds. The minimum atomic E-state index is -3.49.